The molecule has 0 aromatic heterocycles. The van der Waals surface area contributed by atoms with Gasteiger partial charge >= 0.3 is 0 Å². The number of hydrogen-bond donors (Lipinski definition) is 3. The zero-order valence-corrected chi connectivity index (χ0v) is 15.8. The van der Waals surface area contributed by atoms with Gasteiger partial charge in [0.1, 0.15) is 6.04 Å². The molecule has 0 bridgehead atoms. The predicted octanol–water partition coefficient (Wildman–Crippen LogP) is 2.16. The van der Waals surface area contributed by atoms with Gasteiger partial charge in [0.15, 0.2) is 0 Å². The van der Waals surface area contributed by atoms with Crippen LogP contribution in [0.5, 0.6) is 0 Å². The highest BCUT2D eigenvalue weighted by molar-refractivity contribution is 6.02. The molecule has 1 atom stereocenters. The van der Waals surface area contributed by atoms with Gasteiger partial charge in [-0.05, 0) is 37.6 Å². The van der Waals surface area contributed by atoms with E-state index in [1.54, 1.807) is 13.0 Å². The Bertz CT molecular complexity index is 815. The van der Waals surface area contributed by atoms with Crippen LogP contribution in [-0.4, -0.2) is 44.0 Å². The van der Waals surface area contributed by atoms with E-state index in [-0.39, 0.29) is 11.8 Å². The number of carbonyl (C=O) groups is 2. The van der Waals surface area contributed by atoms with Crippen LogP contribution < -0.4 is 20.9 Å². The van der Waals surface area contributed by atoms with E-state index in [4.69, 9.17) is 0 Å². The maximum absolute atomic E-state index is 12.6. The van der Waals surface area contributed by atoms with Crippen LogP contribution in [0, 0.1) is 6.92 Å². The monoisotopic (exact) mass is 366 g/mol. The molecule has 6 heteroatoms. The molecule has 2 aromatic rings. The van der Waals surface area contributed by atoms with E-state index in [1.807, 2.05) is 49.4 Å². The fourth-order valence-corrected chi connectivity index (χ4v) is 3.17. The van der Waals surface area contributed by atoms with Crippen LogP contribution in [-0.2, 0) is 4.79 Å². The lowest BCUT2D eigenvalue weighted by atomic mass is 10.1. The van der Waals surface area contributed by atoms with Crippen molar-refractivity contribution in [2.75, 3.05) is 36.4 Å². The van der Waals surface area contributed by atoms with Gasteiger partial charge in [-0.1, -0.05) is 30.3 Å². The number of rotatable bonds is 5. The molecule has 3 rings (SSSR count). The summed E-state index contributed by atoms with van der Waals surface area (Å²) in [7, 11) is 0. The fraction of sp³-hybridized carbons (Fsp3) is 0.333. The van der Waals surface area contributed by atoms with E-state index in [1.165, 1.54) is 0 Å². The number of amides is 2. The number of aryl methyl sites for hydroxylation is 1. The molecule has 3 N–H and O–H groups in total. The Labute approximate surface area is 159 Å². The van der Waals surface area contributed by atoms with Crippen LogP contribution >= 0.6 is 0 Å². The number of anilines is 2. The Morgan fingerprint density at radius 2 is 1.70 bits per heavy atom. The van der Waals surface area contributed by atoms with Crippen LogP contribution in [0.15, 0.2) is 48.5 Å². The van der Waals surface area contributed by atoms with Gasteiger partial charge in [-0.2, -0.15) is 0 Å². The number of benzene rings is 2. The zero-order chi connectivity index (χ0) is 19.2. The number of nitrogens with zero attached hydrogens (tertiary/aromatic N) is 1. The number of nitrogens with one attached hydrogen (secondary N) is 3. The van der Waals surface area contributed by atoms with E-state index in [0.717, 1.165) is 43.1 Å². The molecule has 1 saturated heterocycles. The average molecular weight is 366 g/mol. The van der Waals surface area contributed by atoms with Crippen LogP contribution in [0.1, 0.15) is 22.8 Å². The van der Waals surface area contributed by atoms with Gasteiger partial charge in [0, 0.05) is 31.7 Å². The highest BCUT2D eigenvalue weighted by Crippen LogP contribution is 2.26. The van der Waals surface area contributed by atoms with Gasteiger partial charge in [-0.15, -0.1) is 0 Å². The topological polar surface area (TPSA) is 73.5 Å². The van der Waals surface area contributed by atoms with E-state index >= 15 is 0 Å². The largest absolute Gasteiger partial charge is 0.367 e. The fourth-order valence-electron chi connectivity index (χ4n) is 3.17. The number of piperazine rings is 1. The van der Waals surface area contributed by atoms with Crippen molar-refractivity contribution in [2.45, 2.75) is 19.9 Å². The minimum Gasteiger partial charge on any atom is -0.367 e. The maximum Gasteiger partial charge on any atom is 0.252 e. The average Bonchev–Trinajstić information content (AvgIpc) is 2.69. The second kappa shape index (κ2) is 8.68. The van der Waals surface area contributed by atoms with Crippen LogP contribution in [0.25, 0.3) is 0 Å². The van der Waals surface area contributed by atoms with Gasteiger partial charge in [-0.3, -0.25) is 9.59 Å². The van der Waals surface area contributed by atoms with E-state index in [2.05, 4.69) is 20.9 Å². The summed E-state index contributed by atoms with van der Waals surface area (Å²) in [6.45, 7) is 7.21. The van der Waals surface area contributed by atoms with Gasteiger partial charge in [-0.25, -0.2) is 0 Å². The molecule has 0 aliphatic carbocycles. The van der Waals surface area contributed by atoms with Crippen LogP contribution in [0.2, 0.25) is 0 Å². The molecule has 2 aromatic carbocycles. The predicted molar refractivity (Wildman–Crippen MR) is 108 cm³/mol. The third kappa shape index (κ3) is 4.65. The van der Waals surface area contributed by atoms with Crippen molar-refractivity contribution < 1.29 is 9.59 Å². The highest BCUT2D eigenvalue weighted by atomic mass is 16.2. The molecule has 0 saturated carbocycles. The number of hydrogen-bond acceptors (Lipinski definition) is 4. The molecule has 1 unspecified atom stereocenters. The Balaban J connectivity index is 1.66. The summed E-state index contributed by atoms with van der Waals surface area (Å²) < 4.78 is 0. The van der Waals surface area contributed by atoms with Gasteiger partial charge in [0.2, 0.25) is 5.91 Å². The maximum atomic E-state index is 12.6. The lowest BCUT2D eigenvalue weighted by Crippen LogP contribution is -2.44. The Morgan fingerprint density at radius 1 is 1.04 bits per heavy atom. The van der Waals surface area contributed by atoms with Crippen molar-refractivity contribution in [2.24, 2.45) is 0 Å². The Kier molecular flexibility index (Phi) is 6.08. The van der Waals surface area contributed by atoms with Gasteiger partial charge in [0.25, 0.3) is 5.91 Å². The quantitative estimate of drug-likeness (QED) is 0.758. The first-order chi connectivity index (χ1) is 13.1. The molecule has 1 fully saturated rings. The third-order valence-electron chi connectivity index (χ3n) is 4.75. The van der Waals surface area contributed by atoms with E-state index in [0.29, 0.717) is 5.56 Å². The molecule has 0 spiro atoms. The molecular formula is C21H26N4O2. The summed E-state index contributed by atoms with van der Waals surface area (Å²) in [5.74, 6) is -0.481. The zero-order valence-electron chi connectivity index (χ0n) is 15.8. The van der Waals surface area contributed by atoms with Crippen molar-refractivity contribution in [1.29, 1.82) is 0 Å². The smallest absolute Gasteiger partial charge is 0.252 e. The van der Waals surface area contributed by atoms with Gasteiger partial charge < -0.3 is 20.9 Å². The first kappa shape index (κ1) is 18.9. The van der Waals surface area contributed by atoms with Crippen molar-refractivity contribution in [3.8, 4) is 0 Å². The minimum atomic E-state index is -0.645. The first-order valence-electron chi connectivity index (χ1n) is 9.28. The third-order valence-corrected chi connectivity index (χ3v) is 4.75. The van der Waals surface area contributed by atoms with Gasteiger partial charge in [0.05, 0.1) is 11.4 Å². The standard InChI is InChI=1S/C21H26N4O2/c1-15-7-3-4-8-17(15)21(27)23-16(2)20(26)24-18-9-5-6-10-19(18)25-13-11-22-12-14-25/h3-10,16,22H,11-14H2,1-2H3,(H,23,27)(H,24,26). The second-order valence-electron chi connectivity index (χ2n) is 6.75. The number of para-hydroxylation sites is 2. The molecule has 1 aliphatic heterocycles. The van der Waals surface area contributed by atoms with E-state index < -0.39 is 6.04 Å². The van der Waals surface area contributed by atoms with Crippen molar-refractivity contribution >= 4 is 23.2 Å². The summed E-state index contributed by atoms with van der Waals surface area (Å²) in [6.07, 6.45) is 0. The van der Waals surface area contributed by atoms with Crippen LogP contribution in [0.4, 0.5) is 11.4 Å². The summed E-state index contributed by atoms with van der Waals surface area (Å²) in [6, 6.07) is 14.5. The SMILES string of the molecule is Cc1ccccc1C(=O)NC(C)C(=O)Nc1ccccc1N1CCNCC1. The second-order valence-corrected chi connectivity index (χ2v) is 6.75. The summed E-state index contributed by atoms with van der Waals surface area (Å²) in [5, 5.41) is 9.07. The molecule has 142 valence electrons. The molecule has 27 heavy (non-hydrogen) atoms. The molecule has 0 radical (unpaired) electrons. The van der Waals surface area contributed by atoms with Crippen molar-refractivity contribution in [3.05, 3.63) is 59.7 Å². The van der Waals surface area contributed by atoms with Crippen LogP contribution in [0.3, 0.4) is 0 Å². The first-order valence-corrected chi connectivity index (χ1v) is 9.28. The molecular weight excluding hydrogens is 340 g/mol. The molecule has 1 aliphatic rings. The Morgan fingerprint density at radius 3 is 2.44 bits per heavy atom. The summed E-state index contributed by atoms with van der Waals surface area (Å²) >= 11 is 0. The molecule has 1 heterocycles. The molecule has 6 nitrogen and oxygen atoms in total. The van der Waals surface area contributed by atoms with E-state index in [9.17, 15) is 9.59 Å². The van der Waals surface area contributed by atoms with Crippen molar-refractivity contribution in [1.82, 2.24) is 10.6 Å². The minimum absolute atomic E-state index is 0.237. The highest BCUT2D eigenvalue weighted by Gasteiger charge is 2.20. The summed E-state index contributed by atoms with van der Waals surface area (Å²) in [4.78, 5) is 27.3. The van der Waals surface area contributed by atoms with Crippen molar-refractivity contribution in [3.63, 3.8) is 0 Å². The summed E-state index contributed by atoms with van der Waals surface area (Å²) in [5.41, 5.74) is 3.23. The normalized spacial score (nSPS) is 15.1. The Hall–Kier alpha value is -2.86. The molecule has 2 amide bonds. The lowest BCUT2D eigenvalue weighted by Gasteiger charge is -2.31. The number of carbonyl (C=O) groups excluding carboxylic acids is 2. The lowest BCUT2D eigenvalue weighted by molar-refractivity contribution is -0.117.